The van der Waals surface area contributed by atoms with Gasteiger partial charge in [0.1, 0.15) is 5.75 Å². The molecule has 1 saturated heterocycles. The van der Waals surface area contributed by atoms with Gasteiger partial charge in [-0.15, -0.1) is 0 Å². The third-order valence-electron chi connectivity index (χ3n) is 4.33. The van der Waals surface area contributed by atoms with Crippen LogP contribution in [-0.2, 0) is 14.8 Å². The molecule has 1 unspecified atom stereocenters. The van der Waals surface area contributed by atoms with Crippen molar-refractivity contribution in [2.24, 2.45) is 5.92 Å². The monoisotopic (exact) mass is 384 g/mol. The molecule has 0 aliphatic carbocycles. The number of hydrogen-bond donors (Lipinski definition) is 2. The summed E-state index contributed by atoms with van der Waals surface area (Å²) >= 11 is 0. The van der Waals surface area contributed by atoms with E-state index in [-0.39, 0.29) is 11.8 Å². The number of aryl methyl sites for hydroxylation is 2. The molecule has 1 fully saturated rings. The molecule has 144 valence electrons. The lowest BCUT2D eigenvalue weighted by atomic mass is 10.0. The number of sulfonamides is 1. The van der Waals surface area contributed by atoms with Crippen LogP contribution in [0.4, 0.5) is 0 Å². The number of carbonyl (C=O) groups excluding carboxylic acids is 1. The summed E-state index contributed by atoms with van der Waals surface area (Å²) in [5, 5.41) is 11.6. The molecule has 1 aliphatic heterocycles. The van der Waals surface area contributed by atoms with E-state index in [1.54, 1.807) is 26.0 Å². The normalized spacial score (nSPS) is 17.9. The van der Waals surface area contributed by atoms with Gasteiger partial charge in [-0.2, -0.15) is 0 Å². The first kappa shape index (κ1) is 20.2. The second kappa shape index (κ2) is 8.05. The molecule has 8 nitrogen and oxygen atoms in total. The average Bonchev–Trinajstić information content (AvgIpc) is 3.00. The van der Waals surface area contributed by atoms with Crippen LogP contribution in [0.1, 0.15) is 27.9 Å². The molecule has 1 atom stereocenters. The fraction of sp³-hybridized carbons (Fsp3) is 0.529. The molecule has 0 radical (unpaired) electrons. The highest BCUT2D eigenvalue weighted by Crippen LogP contribution is 2.25. The molecule has 1 aromatic rings. The Balaban J connectivity index is 1.97. The Kier molecular flexibility index (Phi) is 6.25. The number of nitrogens with one attached hydrogen (secondary N) is 1. The van der Waals surface area contributed by atoms with Gasteiger partial charge < -0.3 is 15.2 Å². The van der Waals surface area contributed by atoms with Crippen LogP contribution in [0.2, 0.25) is 0 Å². The van der Waals surface area contributed by atoms with Crippen molar-refractivity contribution in [3.05, 3.63) is 28.8 Å². The van der Waals surface area contributed by atoms with Gasteiger partial charge in [-0.05, 0) is 49.4 Å². The predicted octanol–water partition coefficient (Wildman–Crippen LogP) is 0.778. The van der Waals surface area contributed by atoms with Gasteiger partial charge in [0, 0.05) is 25.2 Å². The van der Waals surface area contributed by atoms with Crippen LogP contribution in [0.15, 0.2) is 12.1 Å². The SMILES string of the molecule is Cc1cc(C(=O)NCC2CCN(S(C)(=O)=O)C2)cc(C)c1OCC(=O)O. The van der Waals surface area contributed by atoms with Gasteiger partial charge in [0.15, 0.2) is 6.61 Å². The molecule has 0 spiro atoms. The second-order valence-electron chi connectivity index (χ2n) is 6.61. The number of hydrogen-bond acceptors (Lipinski definition) is 5. The smallest absolute Gasteiger partial charge is 0.341 e. The summed E-state index contributed by atoms with van der Waals surface area (Å²) in [6.45, 7) is 4.36. The maximum absolute atomic E-state index is 12.4. The summed E-state index contributed by atoms with van der Waals surface area (Å²) < 4.78 is 29.7. The summed E-state index contributed by atoms with van der Waals surface area (Å²) in [4.78, 5) is 23.0. The number of amides is 1. The highest BCUT2D eigenvalue weighted by molar-refractivity contribution is 7.88. The van der Waals surface area contributed by atoms with Crippen LogP contribution in [-0.4, -0.2) is 62.2 Å². The van der Waals surface area contributed by atoms with Crippen molar-refractivity contribution in [1.82, 2.24) is 9.62 Å². The Bertz CT molecular complexity index is 782. The van der Waals surface area contributed by atoms with Gasteiger partial charge in [-0.3, -0.25) is 4.79 Å². The number of carbonyl (C=O) groups is 2. The zero-order valence-corrected chi connectivity index (χ0v) is 15.9. The fourth-order valence-corrected chi connectivity index (χ4v) is 3.97. The molecule has 26 heavy (non-hydrogen) atoms. The molecule has 2 rings (SSSR count). The lowest BCUT2D eigenvalue weighted by Gasteiger charge is -2.15. The van der Waals surface area contributed by atoms with Crippen LogP contribution in [0.5, 0.6) is 5.75 Å². The molecule has 0 bridgehead atoms. The van der Waals surface area contributed by atoms with Crippen LogP contribution >= 0.6 is 0 Å². The van der Waals surface area contributed by atoms with E-state index >= 15 is 0 Å². The Hall–Kier alpha value is -2.13. The molecule has 9 heteroatoms. The van der Waals surface area contributed by atoms with E-state index in [1.165, 1.54) is 10.6 Å². The number of carboxylic acids is 1. The summed E-state index contributed by atoms with van der Waals surface area (Å²) in [5.41, 5.74) is 1.82. The molecule has 1 aliphatic rings. The maximum atomic E-state index is 12.4. The van der Waals surface area contributed by atoms with Crippen molar-refractivity contribution in [1.29, 1.82) is 0 Å². The lowest BCUT2D eigenvalue weighted by molar-refractivity contribution is -0.139. The van der Waals surface area contributed by atoms with Gasteiger partial charge in [-0.25, -0.2) is 17.5 Å². The summed E-state index contributed by atoms with van der Waals surface area (Å²) in [5.74, 6) is -0.762. The minimum Gasteiger partial charge on any atom is -0.481 e. The largest absolute Gasteiger partial charge is 0.481 e. The first-order chi connectivity index (χ1) is 12.1. The first-order valence-corrected chi connectivity index (χ1v) is 10.1. The molecule has 0 aromatic heterocycles. The standard InChI is InChI=1S/C17H24N2O6S/c1-11-6-14(7-12(2)16(11)25-10-15(20)21)17(22)18-8-13-4-5-19(9-13)26(3,23)24/h6-7,13H,4-5,8-10H2,1-3H3,(H,18,22)(H,20,21). The lowest BCUT2D eigenvalue weighted by Crippen LogP contribution is -2.32. The zero-order chi connectivity index (χ0) is 19.5. The van der Waals surface area contributed by atoms with Gasteiger partial charge in [-0.1, -0.05) is 0 Å². The third kappa shape index (κ3) is 5.18. The van der Waals surface area contributed by atoms with Crippen LogP contribution in [0.25, 0.3) is 0 Å². The minimum atomic E-state index is -3.19. The molecule has 1 amide bonds. The third-order valence-corrected chi connectivity index (χ3v) is 5.60. The molecular formula is C17H24N2O6S. The Morgan fingerprint density at radius 3 is 2.42 bits per heavy atom. The second-order valence-corrected chi connectivity index (χ2v) is 8.59. The van der Waals surface area contributed by atoms with E-state index < -0.39 is 22.6 Å². The predicted molar refractivity (Wildman–Crippen MR) is 95.9 cm³/mol. The van der Waals surface area contributed by atoms with Gasteiger partial charge in [0.05, 0.1) is 6.26 Å². The topological polar surface area (TPSA) is 113 Å². The molecule has 1 heterocycles. The van der Waals surface area contributed by atoms with E-state index in [0.29, 0.717) is 48.5 Å². The zero-order valence-electron chi connectivity index (χ0n) is 15.1. The highest BCUT2D eigenvalue weighted by atomic mass is 32.2. The number of nitrogens with zero attached hydrogens (tertiary/aromatic N) is 1. The number of benzene rings is 1. The van der Waals surface area contributed by atoms with E-state index in [0.717, 1.165) is 0 Å². The van der Waals surface area contributed by atoms with Crippen LogP contribution in [0.3, 0.4) is 0 Å². The van der Waals surface area contributed by atoms with E-state index in [1.807, 2.05) is 0 Å². The Morgan fingerprint density at radius 2 is 1.92 bits per heavy atom. The number of ether oxygens (including phenoxy) is 1. The van der Waals surface area contributed by atoms with Crippen molar-refractivity contribution in [2.75, 3.05) is 32.5 Å². The van der Waals surface area contributed by atoms with Gasteiger partial charge in [0.25, 0.3) is 5.91 Å². The fourth-order valence-electron chi connectivity index (χ4n) is 3.05. The van der Waals surface area contributed by atoms with E-state index in [9.17, 15) is 18.0 Å². The van der Waals surface area contributed by atoms with E-state index in [2.05, 4.69) is 5.32 Å². The summed E-state index contributed by atoms with van der Waals surface area (Å²) in [7, 11) is -3.19. The Morgan fingerprint density at radius 1 is 1.31 bits per heavy atom. The van der Waals surface area contributed by atoms with Crippen LogP contribution in [0, 0.1) is 19.8 Å². The Labute approximate surface area is 153 Å². The van der Waals surface area contributed by atoms with E-state index in [4.69, 9.17) is 9.84 Å². The highest BCUT2D eigenvalue weighted by Gasteiger charge is 2.28. The molecule has 0 saturated carbocycles. The average molecular weight is 384 g/mol. The van der Waals surface area contributed by atoms with Crippen molar-refractivity contribution in [3.63, 3.8) is 0 Å². The minimum absolute atomic E-state index is 0.0917. The number of aliphatic carboxylic acids is 1. The molecular weight excluding hydrogens is 360 g/mol. The maximum Gasteiger partial charge on any atom is 0.341 e. The van der Waals surface area contributed by atoms with Crippen molar-refractivity contribution < 1.29 is 27.9 Å². The molecule has 1 aromatic carbocycles. The van der Waals surface area contributed by atoms with Crippen molar-refractivity contribution in [3.8, 4) is 5.75 Å². The molecule has 2 N–H and O–H groups in total. The number of carboxylic acid groups (broad SMARTS) is 1. The first-order valence-electron chi connectivity index (χ1n) is 8.27. The van der Waals surface area contributed by atoms with Crippen molar-refractivity contribution >= 4 is 21.9 Å². The summed E-state index contributed by atoms with van der Waals surface area (Å²) in [6, 6.07) is 3.30. The van der Waals surface area contributed by atoms with Crippen LogP contribution < -0.4 is 10.1 Å². The van der Waals surface area contributed by atoms with Crippen molar-refractivity contribution in [2.45, 2.75) is 20.3 Å². The van der Waals surface area contributed by atoms with Gasteiger partial charge >= 0.3 is 5.97 Å². The quantitative estimate of drug-likeness (QED) is 0.718. The summed E-state index contributed by atoms with van der Waals surface area (Å²) in [6.07, 6.45) is 1.90. The number of rotatable bonds is 7. The van der Waals surface area contributed by atoms with Gasteiger partial charge in [0.2, 0.25) is 10.0 Å².